The van der Waals surface area contributed by atoms with Gasteiger partial charge in [0.15, 0.2) is 5.82 Å². The Bertz CT molecular complexity index is 480. The number of hydrogen-bond donors (Lipinski definition) is 1. The lowest BCUT2D eigenvalue weighted by molar-refractivity contribution is -0.123. The number of hydrogen-bond acceptors (Lipinski definition) is 5. The number of nitrogens with one attached hydrogen (secondary N) is 1. The van der Waals surface area contributed by atoms with Crippen molar-refractivity contribution in [1.82, 2.24) is 25.0 Å². The molecule has 0 aliphatic carbocycles. The van der Waals surface area contributed by atoms with Gasteiger partial charge in [-0.05, 0) is 27.7 Å². The van der Waals surface area contributed by atoms with Crippen molar-refractivity contribution in [3.8, 4) is 0 Å². The van der Waals surface area contributed by atoms with Crippen LogP contribution >= 0.6 is 0 Å². The summed E-state index contributed by atoms with van der Waals surface area (Å²) in [6.45, 7) is 11.4. The van der Waals surface area contributed by atoms with Crippen LogP contribution < -0.4 is 5.32 Å². The number of amides is 1. The molecule has 22 heavy (non-hydrogen) atoms. The van der Waals surface area contributed by atoms with Crippen molar-refractivity contribution >= 4 is 5.91 Å². The standard InChI is InChI=1S/C15H27N5O2/c1-5-20-10-16-18-15(20)13(4)17-14(21)6-7-19-8-11(2)22-12(3)9-19/h10-13H,5-9H2,1-4H3,(H,17,21)/t11-,12+,13?. The van der Waals surface area contributed by atoms with Crippen molar-refractivity contribution in [3.05, 3.63) is 12.2 Å². The van der Waals surface area contributed by atoms with Gasteiger partial charge < -0.3 is 14.6 Å². The van der Waals surface area contributed by atoms with Gasteiger partial charge in [-0.2, -0.15) is 0 Å². The number of rotatable bonds is 6. The van der Waals surface area contributed by atoms with Gasteiger partial charge in [-0.15, -0.1) is 10.2 Å². The van der Waals surface area contributed by atoms with Crippen LogP contribution in [0.15, 0.2) is 6.33 Å². The molecule has 7 heteroatoms. The van der Waals surface area contributed by atoms with Gasteiger partial charge in [0, 0.05) is 32.6 Å². The molecule has 2 heterocycles. The summed E-state index contributed by atoms with van der Waals surface area (Å²) in [5.74, 6) is 0.842. The molecular formula is C15H27N5O2. The minimum atomic E-state index is -0.127. The highest BCUT2D eigenvalue weighted by atomic mass is 16.5. The number of carbonyl (C=O) groups excluding carboxylic acids is 1. The fourth-order valence-corrected chi connectivity index (χ4v) is 2.95. The number of carbonyl (C=O) groups is 1. The summed E-state index contributed by atoms with van der Waals surface area (Å²) in [5, 5.41) is 11.0. The van der Waals surface area contributed by atoms with E-state index in [0.29, 0.717) is 6.42 Å². The molecule has 1 N–H and O–H groups in total. The fourth-order valence-electron chi connectivity index (χ4n) is 2.95. The van der Waals surface area contributed by atoms with Crippen LogP contribution in [0.5, 0.6) is 0 Å². The molecule has 1 aliphatic heterocycles. The van der Waals surface area contributed by atoms with Crippen LogP contribution in [0.25, 0.3) is 0 Å². The number of aryl methyl sites for hydroxylation is 1. The topological polar surface area (TPSA) is 72.3 Å². The Kier molecular flexibility index (Phi) is 5.90. The lowest BCUT2D eigenvalue weighted by Crippen LogP contribution is -2.46. The number of ether oxygens (including phenoxy) is 1. The van der Waals surface area contributed by atoms with Crippen molar-refractivity contribution in [3.63, 3.8) is 0 Å². The Balaban J connectivity index is 1.78. The first-order valence-electron chi connectivity index (χ1n) is 8.04. The van der Waals surface area contributed by atoms with Crippen LogP contribution in [0.3, 0.4) is 0 Å². The highest BCUT2D eigenvalue weighted by Crippen LogP contribution is 2.12. The van der Waals surface area contributed by atoms with Gasteiger partial charge in [-0.3, -0.25) is 9.69 Å². The monoisotopic (exact) mass is 309 g/mol. The summed E-state index contributed by atoms with van der Waals surface area (Å²) in [4.78, 5) is 14.4. The minimum Gasteiger partial charge on any atom is -0.373 e. The molecule has 0 bridgehead atoms. The van der Waals surface area contributed by atoms with Crippen LogP contribution in [0.2, 0.25) is 0 Å². The highest BCUT2D eigenvalue weighted by molar-refractivity contribution is 5.76. The first-order chi connectivity index (χ1) is 10.5. The SMILES string of the molecule is CCn1cnnc1C(C)NC(=O)CCN1C[C@@H](C)O[C@@H](C)C1. The summed E-state index contributed by atoms with van der Waals surface area (Å²) in [6, 6.07) is -0.127. The molecule has 0 aromatic carbocycles. The Morgan fingerprint density at radius 3 is 2.77 bits per heavy atom. The summed E-state index contributed by atoms with van der Waals surface area (Å²) in [6.07, 6.45) is 2.64. The van der Waals surface area contributed by atoms with E-state index in [0.717, 1.165) is 32.0 Å². The molecule has 0 radical (unpaired) electrons. The van der Waals surface area contributed by atoms with Crippen LogP contribution in [-0.2, 0) is 16.1 Å². The average molecular weight is 309 g/mol. The van der Waals surface area contributed by atoms with E-state index in [4.69, 9.17) is 4.74 Å². The highest BCUT2D eigenvalue weighted by Gasteiger charge is 2.23. The van der Waals surface area contributed by atoms with Crippen LogP contribution in [0, 0.1) is 0 Å². The van der Waals surface area contributed by atoms with Crippen molar-refractivity contribution in [2.45, 2.75) is 58.9 Å². The summed E-state index contributed by atoms with van der Waals surface area (Å²) >= 11 is 0. The van der Waals surface area contributed by atoms with E-state index in [1.807, 2.05) is 18.4 Å². The van der Waals surface area contributed by atoms with Gasteiger partial charge in [0.05, 0.1) is 18.2 Å². The van der Waals surface area contributed by atoms with Crippen LogP contribution in [0.4, 0.5) is 0 Å². The maximum absolute atomic E-state index is 12.1. The number of nitrogens with zero attached hydrogens (tertiary/aromatic N) is 4. The summed E-state index contributed by atoms with van der Waals surface area (Å²) in [7, 11) is 0. The molecule has 1 amide bonds. The molecule has 3 atom stereocenters. The third-order valence-corrected chi connectivity index (χ3v) is 3.90. The zero-order valence-corrected chi connectivity index (χ0v) is 14.0. The van der Waals surface area contributed by atoms with Crippen LogP contribution in [0.1, 0.15) is 46.0 Å². The van der Waals surface area contributed by atoms with Gasteiger partial charge in [-0.1, -0.05) is 0 Å². The molecule has 0 saturated carbocycles. The molecule has 2 rings (SSSR count). The van der Waals surface area contributed by atoms with E-state index in [2.05, 4.69) is 34.3 Å². The molecule has 1 aliphatic rings. The number of aromatic nitrogens is 3. The maximum Gasteiger partial charge on any atom is 0.221 e. The fraction of sp³-hybridized carbons (Fsp3) is 0.800. The van der Waals surface area contributed by atoms with Crippen molar-refractivity contribution in [2.75, 3.05) is 19.6 Å². The first kappa shape index (κ1) is 16.9. The molecule has 1 aromatic heterocycles. The zero-order valence-electron chi connectivity index (χ0n) is 14.0. The predicted octanol–water partition coefficient (Wildman–Crippen LogP) is 0.975. The zero-order chi connectivity index (χ0) is 16.1. The Morgan fingerprint density at radius 1 is 1.45 bits per heavy atom. The van der Waals surface area contributed by atoms with Gasteiger partial charge in [0.25, 0.3) is 0 Å². The van der Waals surface area contributed by atoms with E-state index in [1.165, 1.54) is 0 Å². The average Bonchev–Trinajstić information content (AvgIpc) is 2.92. The Hall–Kier alpha value is -1.47. The molecule has 1 unspecified atom stereocenters. The van der Waals surface area contributed by atoms with Gasteiger partial charge in [0.1, 0.15) is 6.33 Å². The molecule has 0 spiro atoms. The number of morpholine rings is 1. The normalized spacial score (nSPS) is 24.2. The van der Waals surface area contributed by atoms with Crippen molar-refractivity contribution in [2.24, 2.45) is 0 Å². The smallest absolute Gasteiger partial charge is 0.221 e. The Morgan fingerprint density at radius 2 is 2.14 bits per heavy atom. The summed E-state index contributed by atoms with van der Waals surface area (Å²) < 4.78 is 7.64. The maximum atomic E-state index is 12.1. The van der Waals surface area contributed by atoms with E-state index in [9.17, 15) is 4.79 Å². The molecule has 1 fully saturated rings. The second-order valence-electron chi connectivity index (χ2n) is 6.03. The predicted molar refractivity (Wildman–Crippen MR) is 83.3 cm³/mol. The lowest BCUT2D eigenvalue weighted by atomic mass is 10.2. The molecule has 7 nitrogen and oxygen atoms in total. The molecule has 1 saturated heterocycles. The van der Waals surface area contributed by atoms with E-state index < -0.39 is 0 Å². The minimum absolute atomic E-state index is 0.0463. The third kappa shape index (κ3) is 4.51. The third-order valence-electron chi connectivity index (χ3n) is 3.90. The van der Waals surface area contributed by atoms with Crippen LogP contribution in [-0.4, -0.2) is 57.4 Å². The first-order valence-corrected chi connectivity index (χ1v) is 8.04. The second kappa shape index (κ2) is 7.69. The second-order valence-corrected chi connectivity index (χ2v) is 6.03. The summed E-state index contributed by atoms with van der Waals surface area (Å²) in [5.41, 5.74) is 0. The van der Waals surface area contributed by atoms with E-state index in [-0.39, 0.29) is 24.2 Å². The molecular weight excluding hydrogens is 282 g/mol. The van der Waals surface area contributed by atoms with Gasteiger partial charge >= 0.3 is 0 Å². The largest absolute Gasteiger partial charge is 0.373 e. The van der Waals surface area contributed by atoms with E-state index in [1.54, 1.807) is 6.33 Å². The van der Waals surface area contributed by atoms with Gasteiger partial charge in [-0.25, -0.2) is 0 Å². The quantitative estimate of drug-likeness (QED) is 0.848. The van der Waals surface area contributed by atoms with E-state index >= 15 is 0 Å². The van der Waals surface area contributed by atoms with Crippen molar-refractivity contribution < 1.29 is 9.53 Å². The van der Waals surface area contributed by atoms with Gasteiger partial charge in [0.2, 0.25) is 5.91 Å². The molecule has 124 valence electrons. The van der Waals surface area contributed by atoms with Crippen molar-refractivity contribution in [1.29, 1.82) is 0 Å². The molecule has 1 aromatic rings. The Labute approximate surface area is 132 Å². The lowest BCUT2D eigenvalue weighted by Gasteiger charge is -2.35.